The lowest BCUT2D eigenvalue weighted by molar-refractivity contribution is -0.134. The Morgan fingerprint density at radius 2 is 1.81 bits per heavy atom. The number of amides is 3. The van der Waals surface area contributed by atoms with E-state index in [-0.39, 0.29) is 35.0 Å². The molecule has 3 atom stereocenters. The molecule has 2 saturated heterocycles. The van der Waals surface area contributed by atoms with Crippen LogP contribution in [-0.2, 0) is 21.4 Å². The average molecular weight is 813 g/mol. The standard InChI is InChI=1S/C44H49N10O4P/c1-25-20-28(7-10-31(25)26(2)47-42(57)40-49-43(58-52-40)44(3,4)5)38-34-22-29(23-46-39(34)51-50-38)35-12-8-30(24-45-35)54-18-16-53(17-19-54)15-14-27-6-9-32(36(59)21-27)33-11-13-37(55)48-41(33)56/h6-10,12,20-24,26,33H,11,13-19,59H2,1-5H3,(H,47,57)(H,46,50,51)(H,48,55,56). The monoisotopic (exact) mass is 812 g/mol. The number of piperazine rings is 1. The van der Waals surface area contributed by atoms with E-state index in [1.165, 1.54) is 5.56 Å². The maximum absolute atomic E-state index is 12.9. The SMILES string of the molecule is Cc1cc(-c2[nH]nc3ncc(-c4ccc(N5CCN(CCc6ccc(C7CCC(=O)NC7=O)c(P)c6)CC5)cn4)cc23)ccc1C(C)NC(=O)c1noc(C(C)(C)C)n1. The van der Waals surface area contributed by atoms with Gasteiger partial charge in [-0.3, -0.25) is 34.7 Å². The van der Waals surface area contributed by atoms with Crippen molar-refractivity contribution in [3.05, 3.63) is 101 Å². The van der Waals surface area contributed by atoms with Crippen molar-refractivity contribution >= 4 is 49.0 Å². The van der Waals surface area contributed by atoms with Crippen LogP contribution < -0.4 is 20.8 Å². The molecule has 8 rings (SSSR count). The molecule has 3 unspecified atom stereocenters. The molecular weight excluding hydrogens is 764 g/mol. The van der Waals surface area contributed by atoms with E-state index in [9.17, 15) is 14.4 Å². The smallest absolute Gasteiger partial charge is 0.293 e. The van der Waals surface area contributed by atoms with Gasteiger partial charge in [0.15, 0.2) is 5.65 Å². The molecule has 2 aliphatic heterocycles. The van der Waals surface area contributed by atoms with Gasteiger partial charge >= 0.3 is 0 Å². The molecule has 3 amide bonds. The molecule has 4 aromatic heterocycles. The van der Waals surface area contributed by atoms with Crippen LogP contribution in [0.2, 0.25) is 0 Å². The minimum Gasteiger partial charge on any atom is -0.368 e. The third-order valence-corrected chi connectivity index (χ3v) is 11.8. The largest absolute Gasteiger partial charge is 0.368 e. The van der Waals surface area contributed by atoms with Gasteiger partial charge in [-0.25, -0.2) is 4.98 Å². The number of benzene rings is 2. The Hall–Kier alpha value is -5.85. The molecule has 0 radical (unpaired) electrons. The van der Waals surface area contributed by atoms with E-state index in [1.54, 1.807) is 0 Å². The number of aromatic amines is 1. The fraction of sp³-hybridized carbons (Fsp3) is 0.364. The number of aryl methyl sites for hydroxylation is 1. The lowest BCUT2D eigenvalue weighted by Crippen LogP contribution is -2.47. The number of fused-ring (bicyclic) bond motifs is 1. The van der Waals surface area contributed by atoms with Gasteiger partial charge < -0.3 is 14.7 Å². The number of H-pyrrole nitrogens is 1. The molecule has 0 aliphatic carbocycles. The minimum atomic E-state index is -0.390. The van der Waals surface area contributed by atoms with E-state index in [0.29, 0.717) is 24.4 Å². The van der Waals surface area contributed by atoms with Crippen molar-refractivity contribution in [1.29, 1.82) is 0 Å². The fourth-order valence-electron chi connectivity index (χ4n) is 7.88. The van der Waals surface area contributed by atoms with Gasteiger partial charge in [0.25, 0.3) is 11.7 Å². The second-order valence-electron chi connectivity index (χ2n) is 16.6. The molecule has 2 aromatic carbocycles. The van der Waals surface area contributed by atoms with Crippen molar-refractivity contribution in [1.82, 2.24) is 45.8 Å². The number of nitrogens with zero attached hydrogens (tertiary/aromatic N) is 7. The molecular formula is C44H49N10O4P. The molecule has 0 saturated carbocycles. The zero-order valence-corrected chi connectivity index (χ0v) is 35.2. The summed E-state index contributed by atoms with van der Waals surface area (Å²) in [7, 11) is 2.78. The summed E-state index contributed by atoms with van der Waals surface area (Å²) in [6.45, 7) is 14.5. The second-order valence-corrected chi connectivity index (χ2v) is 17.2. The number of hydrogen-bond donors (Lipinski definition) is 3. The van der Waals surface area contributed by atoms with E-state index in [4.69, 9.17) is 9.51 Å². The summed E-state index contributed by atoms with van der Waals surface area (Å²) in [6.07, 6.45) is 5.61. The number of rotatable bonds is 10. The number of pyridine rings is 2. The molecule has 6 heterocycles. The van der Waals surface area contributed by atoms with Crippen molar-refractivity contribution in [2.75, 3.05) is 37.6 Å². The third kappa shape index (κ3) is 8.65. The molecule has 6 aromatic rings. The minimum absolute atomic E-state index is 0.0162. The summed E-state index contributed by atoms with van der Waals surface area (Å²) < 4.78 is 5.30. The highest BCUT2D eigenvalue weighted by atomic mass is 31.0. The first kappa shape index (κ1) is 40.0. The van der Waals surface area contributed by atoms with E-state index in [1.807, 2.05) is 65.2 Å². The maximum Gasteiger partial charge on any atom is 0.293 e. The Morgan fingerprint density at radius 1 is 1.00 bits per heavy atom. The number of hydrogen-bond acceptors (Lipinski definition) is 11. The molecule has 0 spiro atoms. The van der Waals surface area contributed by atoms with Crippen molar-refractivity contribution < 1.29 is 18.9 Å². The van der Waals surface area contributed by atoms with Gasteiger partial charge in [0, 0.05) is 67.3 Å². The van der Waals surface area contributed by atoms with Gasteiger partial charge in [-0.15, -0.1) is 9.24 Å². The molecule has 3 N–H and O–H groups in total. The predicted octanol–water partition coefficient (Wildman–Crippen LogP) is 5.55. The Morgan fingerprint density at radius 3 is 2.51 bits per heavy atom. The normalized spacial score (nSPS) is 17.0. The fourth-order valence-corrected chi connectivity index (χ4v) is 8.40. The third-order valence-electron chi connectivity index (χ3n) is 11.3. The Bertz CT molecular complexity index is 2540. The van der Waals surface area contributed by atoms with Crippen molar-refractivity contribution in [2.24, 2.45) is 0 Å². The summed E-state index contributed by atoms with van der Waals surface area (Å²) in [4.78, 5) is 55.6. The predicted molar refractivity (Wildman–Crippen MR) is 229 cm³/mol. The van der Waals surface area contributed by atoms with Crippen LogP contribution >= 0.6 is 9.24 Å². The molecule has 0 bridgehead atoms. The zero-order valence-electron chi connectivity index (χ0n) is 34.0. The highest BCUT2D eigenvalue weighted by Crippen LogP contribution is 2.32. The summed E-state index contributed by atoms with van der Waals surface area (Å²) >= 11 is 0. The van der Waals surface area contributed by atoms with Crippen LogP contribution in [0.4, 0.5) is 5.69 Å². The summed E-state index contributed by atoms with van der Waals surface area (Å²) in [5, 5.41) is 18.9. The molecule has 2 fully saturated rings. The molecule has 304 valence electrons. The Kier molecular flexibility index (Phi) is 11.1. The topological polar surface area (TPSA) is 175 Å². The van der Waals surface area contributed by atoms with Crippen molar-refractivity contribution in [2.45, 2.75) is 71.3 Å². The van der Waals surface area contributed by atoms with Crippen LogP contribution in [0.5, 0.6) is 0 Å². The number of carbonyl (C=O) groups is 3. The van der Waals surface area contributed by atoms with Crippen LogP contribution in [0, 0.1) is 6.92 Å². The molecule has 15 heteroatoms. The molecule has 59 heavy (non-hydrogen) atoms. The van der Waals surface area contributed by atoms with Gasteiger partial charge in [-0.05, 0) is 78.5 Å². The lowest BCUT2D eigenvalue weighted by Gasteiger charge is -2.36. The van der Waals surface area contributed by atoms with Crippen molar-refractivity contribution in [3.8, 4) is 22.5 Å². The molecule has 2 aliphatic rings. The first-order chi connectivity index (χ1) is 28.3. The van der Waals surface area contributed by atoms with Gasteiger partial charge in [0.2, 0.25) is 17.7 Å². The summed E-state index contributed by atoms with van der Waals surface area (Å²) in [5.74, 6) is -0.630. The number of anilines is 1. The highest BCUT2D eigenvalue weighted by Gasteiger charge is 2.29. The van der Waals surface area contributed by atoms with Crippen LogP contribution in [0.3, 0.4) is 0 Å². The maximum atomic E-state index is 12.9. The van der Waals surface area contributed by atoms with Crippen LogP contribution in [0.25, 0.3) is 33.5 Å². The first-order valence-electron chi connectivity index (χ1n) is 20.1. The first-order valence-corrected chi connectivity index (χ1v) is 20.6. The Labute approximate surface area is 345 Å². The number of imide groups is 1. The number of piperidine rings is 1. The quantitative estimate of drug-likeness (QED) is 0.117. The van der Waals surface area contributed by atoms with E-state index in [2.05, 4.69) is 91.4 Å². The highest BCUT2D eigenvalue weighted by molar-refractivity contribution is 7.27. The van der Waals surface area contributed by atoms with Gasteiger partial charge in [0.05, 0.1) is 35.2 Å². The van der Waals surface area contributed by atoms with E-state index < -0.39 is 5.91 Å². The molecule has 14 nitrogen and oxygen atoms in total. The lowest BCUT2D eigenvalue weighted by atomic mass is 9.89. The van der Waals surface area contributed by atoms with Gasteiger partial charge in [-0.2, -0.15) is 10.1 Å². The van der Waals surface area contributed by atoms with Crippen molar-refractivity contribution in [3.63, 3.8) is 0 Å². The van der Waals surface area contributed by atoms with Crippen LogP contribution in [0.1, 0.15) is 91.3 Å². The van der Waals surface area contributed by atoms with E-state index >= 15 is 0 Å². The number of carbonyl (C=O) groups excluding carboxylic acids is 3. The van der Waals surface area contributed by atoms with E-state index in [0.717, 1.165) is 94.7 Å². The number of nitrogens with one attached hydrogen (secondary N) is 3. The summed E-state index contributed by atoms with van der Waals surface area (Å²) in [6, 6.07) is 18.4. The Balaban J connectivity index is 0.870. The summed E-state index contributed by atoms with van der Waals surface area (Å²) in [5.41, 5.74) is 9.11. The number of aromatic nitrogens is 6. The second kappa shape index (κ2) is 16.4. The zero-order chi connectivity index (χ0) is 41.4. The van der Waals surface area contributed by atoms with Crippen LogP contribution in [0.15, 0.2) is 71.5 Å². The van der Waals surface area contributed by atoms with Crippen LogP contribution in [-0.4, -0.2) is 85.7 Å². The van der Waals surface area contributed by atoms with Gasteiger partial charge in [0.1, 0.15) is 0 Å². The van der Waals surface area contributed by atoms with Gasteiger partial charge in [-0.1, -0.05) is 56.3 Å². The average Bonchev–Trinajstić information content (AvgIpc) is 3.90.